The summed E-state index contributed by atoms with van der Waals surface area (Å²) in [7, 11) is 1.59. The molecule has 25 heavy (non-hydrogen) atoms. The van der Waals surface area contributed by atoms with E-state index in [-0.39, 0.29) is 11.8 Å². The van der Waals surface area contributed by atoms with Crippen LogP contribution in [0.4, 0.5) is 5.69 Å². The van der Waals surface area contributed by atoms with E-state index in [2.05, 4.69) is 39.5 Å². The Kier molecular flexibility index (Phi) is 5.66. The van der Waals surface area contributed by atoms with Gasteiger partial charge in [-0.2, -0.15) is 0 Å². The lowest BCUT2D eigenvalue weighted by Crippen LogP contribution is -2.37. The molecule has 2 aromatic rings. The number of likely N-dealkylation sites (tertiary alicyclic amines) is 1. The van der Waals surface area contributed by atoms with Crippen LogP contribution >= 0.6 is 0 Å². The summed E-state index contributed by atoms with van der Waals surface area (Å²) < 4.78 is 5.10. The molecule has 132 valence electrons. The Balaban J connectivity index is 1.51. The Morgan fingerprint density at radius 3 is 2.56 bits per heavy atom. The third-order valence-corrected chi connectivity index (χ3v) is 4.73. The number of hydrogen-bond donors (Lipinski definition) is 1. The monoisotopic (exact) mass is 339 g/mol. The highest BCUT2D eigenvalue weighted by atomic mass is 16.5. The molecule has 0 spiro atoms. The second kappa shape index (κ2) is 8.12. The molecule has 1 saturated heterocycles. The number of methoxy groups -OCH3 is 1. The maximum Gasteiger partial charge on any atom is 0.227 e. The lowest BCUT2D eigenvalue weighted by atomic mass is 9.95. The summed E-state index contributed by atoms with van der Waals surface area (Å²) in [6, 6.07) is 14.1. The summed E-state index contributed by atoms with van der Waals surface area (Å²) in [6.07, 6.45) is 1.78. The number of amides is 1. The molecule has 1 aromatic heterocycles. The summed E-state index contributed by atoms with van der Waals surface area (Å²) in [6.45, 7) is 4.73. The van der Waals surface area contributed by atoms with Gasteiger partial charge in [0.2, 0.25) is 11.8 Å². The fourth-order valence-corrected chi connectivity index (χ4v) is 3.21. The second-order valence-electron chi connectivity index (χ2n) is 6.51. The van der Waals surface area contributed by atoms with E-state index < -0.39 is 0 Å². The highest BCUT2D eigenvalue weighted by molar-refractivity contribution is 5.93. The van der Waals surface area contributed by atoms with Crippen molar-refractivity contribution < 1.29 is 9.53 Å². The molecular weight excluding hydrogens is 314 g/mol. The number of carbonyl (C=O) groups excluding carboxylic acids is 1. The summed E-state index contributed by atoms with van der Waals surface area (Å²) in [5.41, 5.74) is 2.86. The smallest absolute Gasteiger partial charge is 0.227 e. The minimum absolute atomic E-state index is 0.0634. The van der Waals surface area contributed by atoms with Gasteiger partial charge < -0.3 is 10.1 Å². The standard InChI is InChI=1S/C20H25N3O2/c1-15-18(8-9-19(21-15)25-2)22-20(24)17-10-12-23(13-11-17)14-16-6-4-3-5-7-16/h3-9,17H,10-14H2,1-2H3,(H,22,24). The van der Waals surface area contributed by atoms with E-state index in [9.17, 15) is 4.79 Å². The summed E-state index contributed by atoms with van der Waals surface area (Å²) in [5.74, 6) is 0.715. The van der Waals surface area contributed by atoms with Gasteiger partial charge in [-0.25, -0.2) is 4.98 Å². The number of nitrogens with zero attached hydrogens (tertiary/aromatic N) is 2. The molecular formula is C20H25N3O2. The van der Waals surface area contributed by atoms with Crippen LogP contribution in [0, 0.1) is 12.8 Å². The highest BCUT2D eigenvalue weighted by Crippen LogP contribution is 2.22. The van der Waals surface area contributed by atoms with E-state index in [1.807, 2.05) is 19.1 Å². The molecule has 0 radical (unpaired) electrons. The number of anilines is 1. The van der Waals surface area contributed by atoms with Crippen LogP contribution in [0.15, 0.2) is 42.5 Å². The number of piperidine rings is 1. The van der Waals surface area contributed by atoms with Crippen molar-refractivity contribution in [1.29, 1.82) is 0 Å². The Labute approximate surface area is 149 Å². The van der Waals surface area contributed by atoms with Crippen molar-refractivity contribution in [2.45, 2.75) is 26.3 Å². The van der Waals surface area contributed by atoms with E-state index in [4.69, 9.17) is 4.74 Å². The number of pyridine rings is 1. The molecule has 2 heterocycles. The molecule has 1 aliphatic heterocycles. The number of benzene rings is 1. The van der Waals surface area contributed by atoms with Crippen molar-refractivity contribution in [3.05, 3.63) is 53.7 Å². The zero-order valence-corrected chi connectivity index (χ0v) is 14.9. The molecule has 1 fully saturated rings. The molecule has 5 heteroatoms. The average molecular weight is 339 g/mol. The first-order valence-electron chi connectivity index (χ1n) is 8.74. The van der Waals surface area contributed by atoms with Gasteiger partial charge in [-0.05, 0) is 44.5 Å². The molecule has 3 rings (SSSR count). The van der Waals surface area contributed by atoms with Gasteiger partial charge in [0, 0.05) is 18.5 Å². The number of aromatic nitrogens is 1. The minimum Gasteiger partial charge on any atom is -0.481 e. The Bertz CT molecular complexity index is 710. The van der Waals surface area contributed by atoms with Gasteiger partial charge >= 0.3 is 0 Å². The van der Waals surface area contributed by atoms with Gasteiger partial charge in [-0.15, -0.1) is 0 Å². The topological polar surface area (TPSA) is 54.5 Å². The van der Waals surface area contributed by atoms with Gasteiger partial charge in [0.25, 0.3) is 0 Å². The van der Waals surface area contributed by atoms with Crippen molar-refractivity contribution in [2.75, 3.05) is 25.5 Å². The molecule has 0 saturated carbocycles. The number of aryl methyl sites for hydroxylation is 1. The minimum atomic E-state index is 0.0634. The Hall–Kier alpha value is -2.40. The third kappa shape index (κ3) is 4.57. The maximum absolute atomic E-state index is 12.6. The van der Waals surface area contributed by atoms with Crippen LogP contribution in [0.3, 0.4) is 0 Å². The van der Waals surface area contributed by atoms with E-state index in [1.54, 1.807) is 13.2 Å². The van der Waals surface area contributed by atoms with E-state index in [0.717, 1.165) is 43.9 Å². The van der Waals surface area contributed by atoms with Crippen LogP contribution in [-0.4, -0.2) is 36.0 Å². The van der Waals surface area contributed by atoms with Crippen molar-refractivity contribution in [2.24, 2.45) is 5.92 Å². The van der Waals surface area contributed by atoms with Gasteiger partial charge in [0.15, 0.2) is 0 Å². The Morgan fingerprint density at radius 1 is 1.20 bits per heavy atom. The predicted octanol–water partition coefficient (Wildman–Crippen LogP) is 3.25. The predicted molar refractivity (Wildman–Crippen MR) is 98.6 cm³/mol. The molecule has 0 unspecified atom stereocenters. The molecule has 1 N–H and O–H groups in total. The summed E-state index contributed by atoms with van der Waals surface area (Å²) in [5, 5.41) is 3.02. The maximum atomic E-state index is 12.6. The Morgan fingerprint density at radius 2 is 1.92 bits per heavy atom. The number of nitrogens with one attached hydrogen (secondary N) is 1. The quantitative estimate of drug-likeness (QED) is 0.908. The van der Waals surface area contributed by atoms with Gasteiger partial charge in [0.05, 0.1) is 18.5 Å². The molecule has 5 nitrogen and oxygen atoms in total. The summed E-state index contributed by atoms with van der Waals surface area (Å²) in [4.78, 5) is 19.3. The first-order valence-corrected chi connectivity index (χ1v) is 8.74. The SMILES string of the molecule is COc1ccc(NC(=O)C2CCN(Cc3ccccc3)CC2)c(C)n1. The lowest BCUT2D eigenvalue weighted by Gasteiger charge is -2.31. The zero-order valence-electron chi connectivity index (χ0n) is 14.9. The van der Waals surface area contributed by atoms with Crippen molar-refractivity contribution in [3.8, 4) is 5.88 Å². The van der Waals surface area contributed by atoms with E-state index in [1.165, 1.54) is 5.56 Å². The highest BCUT2D eigenvalue weighted by Gasteiger charge is 2.25. The fraction of sp³-hybridized carbons (Fsp3) is 0.400. The van der Waals surface area contributed by atoms with Gasteiger partial charge in [-0.3, -0.25) is 9.69 Å². The first kappa shape index (κ1) is 17.4. The molecule has 0 atom stereocenters. The largest absolute Gasteiger partial charge is 0.481 e. The molecule has 1 aromatic carbocycles. The van der Waals surface area contributed by atoms with Crippen molar-refractivity contribution in [1.82, 2.24) is 9.88 Å². The number of ether oxygens (including phenoxy) is 1. The zero-order chi connectivity index (χ0) is 17.6. The van der Waals surface area contributed by atoms with Crippen LogP contribution in [0.1, 0.15) is 24.1 Å². The van der Waals surface area contributed by atoms with Crippen LogP contribution in [0.5, 0.6) is 5.88 Å². The molecule has 1 aliphatic rings. The van der Waals surface area contributed by atoms with E-state index in [0.29, 0.717) is 5.88 Å². The molecule has 0 bridgehead atoms. The first-order chi connectivity index (χ1) is 12.2. The third-order valence-electron chi connectivity index (χ3n) is 4.73. The van der Waals surface area contributed by atoms with Gasteiger partial charge in [0.1, 0.15) is 0 Å². The lowest BCUT2D eigenvalue weighted by molar-refractivity contribution is -0.121. The average Bonchev–Trinajstić information content (AvgIpc) is 2.64. The van der Waals surface area contributed by atoms with Crippen molar-refractivity contribution >= 4 is 11.6 Å². The summed E-state index contributed by atoms with van der Waals surface area (Å²) >= 11 is 0. The van der Waals surface area contributed by atoms with Gasteiger partial charge in [-0.1, -0.05) is 30.3 Å². The van der Waals surface area contributed by atoms with Crippen LogP contribution in [0.2, 0.25) is 0 Å². The molecule has 1 amide bonds. The molecule has 0 aliphatic carbocycles. The number of carbonyl (C=O) groups is 1. The fourth-order valence-electron chi connectivity index (χ4n) is 3.21. The number of hydrogen-bond acceptors (Lipinski definition) is 4. The van der Waals surface area contributed by atoms with Crippen LogP contribution in [0.25, 0.3) is 0 Å². The van der Waals surface area contributed by atoms with Crippen molar-refractivity contribution in [3.63, 3.8) is 0 Å². The number of rotatable bonds is 5. The second-order valence-corrected chi connectivity index (χ2v) is 6.51. The van der Waals surface area contributed by atoms with Crippen LogP contribution < -0.4 is 10.1 Å². The van der Waals surface area contributed by atoms with Crippen LogP contribution in [-0.2, 0) is 11.3 Å². The van der Waals surface area contributed by atoms with E-state index >= 15 is 0 Å². The normalized spacial score (nSPS) is 15.8.